The van der Waals surface area contributed by atoms with Crippen molar-refractivity contribution in [3.63, 3.8) is 0 Å². The first kappa shape index (κ1) is 24.5. The molecule has 1 aromatic heterocycles. The summed E-state index contributed by atoms with van der Waals surface area (Å²) in [7, 11) is 1.59. The van der Waals surface area contributed by atoms with E-state index in [2.05, 4.69) is 21.0 Å². The fourth-order valence-electron chi connectivity index (χ4n) is 3.96. The van der Waals surface area contributed by atoms with Crippen LogP contribution in [-0.2, 0) is 6.61 Å². The van der Waals surface area contributed by atoms with Gasteiger partial charge < -0.3 is 9.47 Å². The quantitative estimate of drug-likeness (QED) is 0.213. The normalized spacial score (nSPS) is 11.2. The molecule has 37 heavy (non-hydrogen) atoms. The van der Waals surface area contributed by atoms with Crippen molar-refractivity contribution < 1.29 is 9.47 Å². The Hall–Kier alpha value is -4.23. The Bertz CT molecular complexity index is 1650. The Morgan fingerprint density at radius 2 is 1.70 bits per heavy atom. The van der Waals surface area contributed by atoms with Gasteiger partial charge in [-0.3, -0.25) is 4.79 Å². The van der Waals surface area contributed by atoms with Crippen LogP contribution in [0.4, 0.5) is 0 Å². The summed E-state index contributed by atoms with van der Waals surface area (Å²) in [6.45, 7) is 2.40. The number of hydrogen-bond acceptors (Lipinski definition) is 5. The van der Waals surface area contributed by atoms with E-state index >= 15 is 0 Å². The number of benzene rings is 4. The van der Waals surface area contributed by atoms with Crippen LogP contribution in [0.1, 0.15) is 16.7 Å². The van der Waals surface area contributed by atoms with Crippen molar-refractivity contribution >= 4 is 33.0 Å². The molecule has 0 unspecified atom stereocenters. The van der Waals surface area contributed by atoms with Gasteiger partial charge in [0.15, 0.2) is 17.3 Å². The van der Waals surface area contributed by atoms with E-state index in [0.29, 0.717) is 40.4 Å². The summed E-state index contributed by atoms with van der Waals surface area (Å²) < 4.78 is 13.9. The second-order valence-corrected chi connectivity index (χ2v) is 9.40. The smallest absolute Gasteiger partial charge is 0.282 e. The second-order valence-electron chi connectivity index (χ2n) is 8.48. The molecule has 0 bridgehead atoms. The van der Waals surface area contributed by atoms with Crippen molar-refractivity contribution in [3.8, 4) is 22.9 Å². The van der Waals surface area contributed by atoms with E-state index in [-0.39, 0.29) is 5.56 Å². The van der Waals surface area contributed by atoms with Gasteiger partial charge in [-0.05, 0) is 36.8 Å². The maximum absolute atomic E-state index is 13.5. The van der Waals surface area contributed by atoms with Crippen molar-refractivity contribution in [1.82, 2.24) is 9.66 Å². The Kier molecular flexibility index (Phi) is 7.14. The first-order valence-corrected chi connectivity index (χ1v) is 12.5. The van der Waals surface area contributed by atoms with Gasteiger partial charge in [0.05, 0.1) is 24.2 Å². The van der Waals surface area contributed by atoms with E-state index in [1.165, 1.54) is 10.2 Å². The Balaban J connectivity index is 1.60. The third-order valence-electron chi connectivity index (χ3n) is 5.87. The number of ether oxygens (including phenoxy) is 2. The van der Waals surface area contributed by atoms with Crippen LogP contribution in [0.2, 0.25) is 0 Å². The highest BCUT2D eigenvalue weighted by molar-refractivity contribution is 9.10. The van der Waals surface area contributed by atoms with Crippen LogP contribution in [0.25, 0.3) is 22.3 Å². The van der Waals surface area contributed by atoms with Gasteiger partial charge in [0.25, 0.3) is 5.56 Å². The highest BCUT2D eigenvalue weighted by Gasteiger charge is 2.15. The molecule has 5 rings (SSSR count). The minimum absolute atomic E-state index is 0.259. The van der Waals surface area contributed by atoms with Crippen LogP contribution in [0.15, 0.2) is 105 Å². The summed E-state index contributed by atoms with van der Waals surface area (Å²) in [6.07, 6.45) is 1.60. The van der Waals surface area contributed by atoms with Gasteiger partial charge in [-0.1, -0.05) is 88.2 Å². The van der Waals surface area contributed by atoms with Crippen LogP contribution in [0.3, 0.4) is 0 Å². The molecule has 0 aliphatic carbocycles. The van der Waals surface area contributed by atoms with E-state index in [1.54, 1.807) is 19.4 Å². The number of nitrogens with zero attached hydrogens (tertiary/aromatic N) is 3. The van der Waals surface area contributed by atoms with Crippen molar-refractivity contribution in [2.75, 3.05) is 7.11 Å². The zero-order valence-corrected chi connectivity index (χ0v) is 22.0. The van der Waals surface area contributed by atoms with Crippen LogP contribution in [0, 0.1) is 6.92 Å². The van der Waals surface area contributed by atoms with Gasteiger partial charge in [0.2, 0.25) is 0 Å². The van der Waals surface area contributed by atoms with Crippen LogP contribution in [0.5, 0.6) is 11.5 Å². The summed E-state index contributed by atoms with van der Waals surface area (Å²) in [6, 6.07) is 28.7. The number of halogens is 1. The number of fused-ring (bicyclic) bond motifs is 1. The van der Waals surface area contributed by atoms with Crippen molar-refractivity contribution in [1.29, 1.82) is 0 Å². The van der Waals surface area contributed by atoms with Gasteiger partial charge >= 0.3 is 0 Å². The molecule has 0 saturated carbocycles. The maximum atomic E-state index is 13.5. The van der Waals surface area contributed by atoms with E-state index < -0.39 is 0 Å². The van der Waals surface area contributed by atoms with E-state index in [4.69, 9.17) is 14.5 Å². The largest absolute Gasteiger partial charge is 0.493 e. The second kappa shape index (κ2) is 10.8. The van der Waals surface area contributed by atoms with E-state index in [0.717, 1.165) is 15.6 Å². The van der Waals surface area contributed by atoms with Crippen LogP contribution >= 0.6 is 15.9 Å². The first-order valence-electron chi connectivity index (χ1n) is 11.7. The Morgan fingerprint density at radius 1 is 0.973 bits per heavy atom. The number of aromatic nitrogens is 2. The zero-order valence-electron chi connectivity index (χ0n) is 20.4. The SMILES string of the molecule is COc1cc(Br)cc(C=Nn2c(-c3ccccc3)nc3ccccc3c2=O)c1OCc1ccc(C)cc1. The van der Waals surface area contributed by atoms with Crippen molar-refractivity contribution in [3.05, 3.63) is 123 Å². The molecule has 0 radical (unpaired) electrons. The van der Waals surface area contributed by atoms with E-state index in [9.17, 15) is 4.79 Å². The molecule has 6 nitrogen and oxygen atoms in total. The lowest BCUT2D eigenvalue weighted by atomic mass is 10.1. The summed E-state index contributed by atoms with van der Waals surface area (Å²) in [4.78, 5) is 18.3. The fraction of sp³-hybridized carbons (Fsp3) is 0.100. The highest BCUT2D eigenvalue weighted by Crippen LogP contribution is 2.35. The van der Waals surface area contributed by atoms with Gasteiger partial charge in [0.1, 0.15) is 6.61 Å². The molecular formula is C30H24BrN3O3. The number of hydrogen-bond donors (Lipinski definition) is 0. The minimum atomic E-state index is -0.259. The lowest BCUT2D eigenvalue weighted by Crippen LogP contribution is -2.20. The summed E-state index contributed by atoms with van der Waals surface area (Å²) in [5, 5.41) is 5.09. The van der Waals surface area contributed by atoms with Gasteiger partial charge in [-0.15, -0.1) is 0 Å². The topological polar surface area (TPSA) is 65.7 Å². The number of aryl methyl sites for hydroxylation is 1. The highest BCUT2D eigenvalue weighted by atomic mass is 79.9. The van der Waals surface area contributed by atoms with Gasteiger partial charge in [-0.2, -0.15) is 9.78 Å². The molecule has 1 heterocycles. The number of para-hydroxylation sites is 1. The van der Waals surface area contributed by atoms with Crippen LogP contribution < -0.4 is 15.0 Å². The molecule has 0 aliphatic heterocycles. The third-order valence-corrected chi connectivity index (χ3v) is 6.33. The number of rotatable bonds is 7. The average molecular weight is 554 g/mol. The lowest BCUT2D eigenvalue weighted by molar-refractivity contribution is 0.284. The molecule has 0 N–H and O–H groups in total. The molecule has 0 aliphatic rings. The van der Waals surface area contributed by atoms with Crippen LogP contribution in [-0.4, -0.2) is 23.0 Å². The fourth-order valence-corrected chi connectivity index (χ4v) is 4.41. The van der Waals surface area contributed by atoms with E-state index in [1.807, 2.05) is 91.9 Å². The molecule has 7 heteroatoms. The standard InChI is InChI=1S/C30H24BrN3O3/c1-20-12-14-21(15-13-20)19-37-28-23(16-24(31)17-27(28)36-2)18-32-34-29(22-8-4-3-5-9-22)33-26-11-7-6-10-25(26)30(34)35/h3-18H,19H2,1-2H3. The van der Waals surface area contributed by atoms with Gasteiger partial charge in [0, 0.05) is 15.6 Å². The van der Waals surface area contributed by atoms with Gasteiger partial charge in [-0.25, -0.2) is 4.98 Å². The molecule has 0 amide bonds. The van der Waals surface area contributed by atoms with Crippen molar-refractivity contribution in [2.45, 2.75) is 13.5 Å². The summed E-state index contributed by atoms with van der Waals surface area (Å²) in [5.41, 5.74) is 4.00. The molecular weight excluding hydrogens is 530 g/mol. The number of methoxy groups -OCH3 is 1. The molecule has 0 spiro atoms. The molecule has 4 aromatic carbocycles. The maximum Gasteiger partial charge on any atom is 0.282 e. The first-order chi connectivity index (χ1) is 18.0. The molecule has 0 saturated heterocycles. The minimum Gasteiger partial charge on any atom is -0.493 e. The van der Waals surface area contributed by atoms with Crippen molar-refractivity contribution in [2.24, 2.45) is 5.10 Å². The summed E-state index contributed by atoms with van der Waals surface area (Å²) in [5.74, 6) is 1.53. The predicted molar refractivity (Wildman–Crippen MR) is 151 cm³/mol. The molecule has 184 valence electrons. The Morgan fingerprint density at radius 3 is 2.46 bits per heavy atom. The summed E-state index contributed by atoms with van der Waals surface area (Å²) >= 11 is 3.54. The molecule has 0 atom stereocenters. The zero-order chi connectivity index (χ0) is 25.8. The lowest BCUT2D eigenvalue weighted by Gasteiger charge is -2.15. The monoisotopic (exact) mass is 553 g/mol. The molecule has 5 aromatic rings. The molecule has 0 fully saturated rings. The Labute approximate surface area is 223 Å². The average Bonchev–Trinajstić information content (AvgIpc) is 2.93. The third kappa shape index (κ3) is 5.32. The predicted octanol–water partition coefficient (Wildman–Crippen LogP) is 6.60.